The molecule has 20 heavy (non-hydrogen) atoms. The van der Waals surface area contributed by atoms with Gasteiger partial charge in [0.2, 0.25) is 10.0 Å². The first-order valence-electron chi connectivity index (χ1n) is 5.75. The quantitative estimate of drug-likeness (QED) is 0.879. The lowest BCUT2D eigenvalue weighted by atomic mass is 10.1. The molecule has 0 saturated carbocycles. The summed E-state index contributed by atoms with van der Waals surface area (Å²) in [6.45, 7) is 3.03. The highest BCUT2D eigenvalue weighted by Gasteiger charge is 2.29. The van der Waals surface area contributed by atoms with Gasteiger partial charge in [-0.2, -0.15) is 0 Å². The summed E-state index contributed by atoms with van der Waals surface area (Å²) in [5.41, 5.74) is -1.43. The third-order valence-electron chi connectivity index (χ3n) is 2.69. The molecule has 0 saturated heterocycles. The molecule has 0 radical (unpaired) electrons. The van der Waals surface area contributed by atoms with Crippen LogP contribution in [-0.2, 0) is 15.6 Å². The average Bonchev–Trinajstić information content (AvgIpc) is 2.96. The SMILES string of the molecule is Cc1ccc([C@@](C)(O)CNS(=O)(=O)c2ccc(Cl)s2)o1. The third kappa shape index (κ3) is 3.42. The Morgan fingerprint density at radius 1 is 1.40 bits per heavy atom. The molecule has 0 fully saturated rings. The van der Waals surface area contributed by atoms with E-state index >= 15 is 0 Å². The first-order valence-corrected chi connectivity index (χ1v) is 8.43. The van der Waals surface area contributed by atoms with Gasteiger partial charge in [0.1, 0.15) is 21.3 Å². The van der Waals surface area contributed by atoms with E-state index in [1.807, 2.05) is 0 Å². The maximum absolute atomic E-state index is 12.0. The lowest BCUT2D eigenvalue weighted by Gasteiger charge is -2.20. The molecule has 0 unspecified atom stereocenters. The third-order valence-corrected chi connectivity index (χ3v) is 5.82. The van der Waals surface area contributed by atoms with E-state index in [0.29, 0.717) is 15.9 Å². The van der Waals surface area contributed by atoms with E-state index in [-0.39, 0.29) is 10.8 Å². The zero-order valence-corrected chi connectivity index (χ0v) is 13.3. The molecule has 0 aliphatic heterocycles. The van der Waals surface area contributed by atoms with Gasteiger partial charge in [0.25, 0.3) is 0 Å². The minimum absolute atomic E-state index is 0.105. The normalized spacial score (nSPS) is 15.2. The summed E-state index contributed by atoms with van der Waals surface area (Å²) in [4.78, 5) is 0. The molecule has 2 aromatic rings. The van der Waals surface area contributed by atoms with Gasteiger partial charge < -0.3 is 9.52 Å². The molecule has 0 aliphatic carbocycles. The second kappa shape index (κ2) is 5.50. The Bertz CT molecular complexity index is 703. The van der Waals surface area contributed by atoms with Crippen LogP contribution in [0, 0.1) is 6.92 Å². The largest absolute Gasteiger partial charge is 0.463 e. The van der Waals surface area contributed by atoms with Crippen molar-refractivity contribution in [2.45, 2.75) is 23.7 Å². The highest BCUT2D eigenvalue weighted by atomic mass is 35.5. The molecule has 2 rings (SSSR count). The maximum atomic E-state index is 12.0. The van der Waals surface area contributed by atoms with E-state index in [1.165, 1.54) is 19.1 Å². The van der Waals surface area contributed by atoms with Gasteiger partial charge in [0, 0.05) is 6.54 Å². The van der Waals surface area contributed by atoms with Gasteiger partial charge in [-0.15, -0.1) is 11.3 Å². The molecular weight excluding hydrogens is 322 g/mol. The van der Waals surface area contributed by atoms with Crippen LogP contribution in [0.5, 0.6) is 0 Å². The van der Waals surface area contributed by atoms with Crippen LogP contribution in [0.3, 0.4) is 0 Å². The van der Waals surface area contributed by atoms with Crippen LogP contribution in [-0.4, -0.2) is 20.1 Å². The van der Waals surface area contributed by atoms with Crippen molar-refractivity contribution in [1.82, 2.24) is 4.72 Å². The van der Waals surface area contributed by atoms with E-state index in [4.69, 9.17) is 16.0 Å². The smallest absolute Gasteiger partial charge is 0.250 e. The Balaban J connectivity index is 2.11. The minimum atomic E-state index is -3.69. The van der Waals surface area contributed by atoms with Crippen LogP contribution in [0.15, 0.2) is 32.9 Å². The Morgan fingerprint density at radius 2 is 2.10 bits per heavy atom. The number of sulfonamides is 1. The van der Waals surface area contributed by atoms with Crippen molar-refractivity contribution in [3.63, 3.8) is 0 Å². The number of aliphatic hydroxyl groups is 1. The van der Waals surface area contributed by atoms with Gasteiger partial charge in [0.05, 0.1) is 4.34 Å². The second-order valence-electron chi connectivity index (χ2n) is 4.57. The van der Waals surface area contributed by atoms with E-state index < -0.39 is 15.6 Å². The van der Waals surface area contributed by atoms with Crippen molar-refractivity contribution < 1.29 is 17.9 Å². The predicted octanol–water partition coefficient (Wildman–Crippen LogP) is 2.49. The monoisotopic (exact) mass is 335 g/mol. The molecule has 2 N–H and O–H groups in total. The molecule has 2 heterocycles. The van der Waals surface area contributed by atoms with Gasteiger partial charge >= 0.3 is 0 Å². The van der Waals surface area contributed by atoms with Gasteiger partial charge in [-0.3, -0.25) is 0 Å². The molecule has 0 aromatic carbocycles. The van der Waals surface area contributed by atoms with Crippen LogP contribution in [0.1, 0.15) is 18.4 Å². The number of halogens is 1. The summed E-state index contributed by atoms with van der Waals surface area (Å²) in [6.07, 6.45) is 0. The number of nitrogens with one attached hydrogen (secondary N) is 1. The molecule has 1 atom stereocenters. The first-order chi connectivity index (χ1) is 9.21. The summed E-state index contributed by atoms with van der Waals surface area (Å²) in [6, 6.07) is 6.25. The lowest BCUT2D eigenvalue weighted by molar-refractivity contribution is 0.0388. The van der Waals surface area contributed by atoms with Crippen LogP contribution in [0.2, 0.25) is 4.34 Å². The number of rotatable bonds is 5. The summed E-state index contributed by atoms with van der Waals surface area (Å²) >= 11 is 6.67. The number of thiophene rings is 1. The zero-order chi connectivity index (χ0) is 15.0. The summed E-state index contributed by atoms with van der Waals surface area (Å²) in [5.74, 6) is 0.954. The van der Waals surface area contributed by atoms with Crippen molar-refractivity contribution in [2.75, 3.05) is 6.54 Å². The maximum Gasteiger partial charge on any atom is 0.250 e. The van der Waals surface area contributed by atoms with Gasteiger partial charge in [-0.05, 0) is 38.1 Å². The fourth-order valence-electron chi connectivity index (χ4n) is 1.56. The number of hydrogen-bond donors (Lipinski definition) is 2. The average molecular weight is 336 g/mol. The van der Waals surface area contributed by atoms with Crippen molar-refractivity contribution in [3.05, 3.63) is 40.1 Å². The van der Waals surface area contributed by atoms with Crippen molar-refractivity contribution in [3.8, 4) is 0 Å². The Labute approximate surface area is 126 Å². The molecule has 0 spiro atoms. The summed E-state index contributed by atoms with van der Waals surface area (Å²) in [5, 5.41) is 10.3. The molecular formula is C12H14ClNO4S2. The van der Waals surface area contributed by atoms with Crippen LogP contribution in [0.4, 0.5) is 0 Å². The molecule has 5 nitrogen and oxygen atoms in total. The summed E-state index contributed by atoms with van der Waals surface area (Å²) in [7, 11) is -3.69. The zero-order valence-electron chi connectivity index (χ0n) is 10.9. The van der Waals surface area contributed by atoms with Gasteiger partial charge in [0.15, 0.2) is 0 Å². The fraction of sp³-hybridized carbons (Fsp3) is 0.333. The minimum Gasteiger partial charge on any atom is -0.463 e. The Hall–Kier alpha value is -0.860. The molecule has 110 valence electrons. The van der Waals surface area contributed by atoms with Crippen molar-refractivity contribution >= 4 is 33.0 Å². The number of hydrogen-bond acceptors (Lipinski definition) is 5. The van der Waals surface area contributed by atoms with Gasteiger partial charge in [-0.1, -0.05) is 11.6 Å². The highest BCUT2D eigenvalue weighted by molar-refractivity contribution is 7.91. The topological polar surface area (TPSA) is 79.5 Å². The Morgan fingerprint density at radius 3 is 2.60 bits per heavy atom. The molecule has 0 bridgehead atoms. The fourth-order valence-corrected chi connectivity index (χ4v) is 4.22. The molecule has 0 aliphatic rings. The molecule has 2 aromatic heterocycles. The molecule has 0 amide bonds. The van der Waals surface area contributed by atoms with Crippen molar-refractivity contribution in [2.24, 2.45) is 0 Å². The second-order valence-corrected chi connectivity index (χ2v) is 8.28. The molecule has 8 heteroatoms. The highest BCUT2D eigenvalue weighted by Crippen LogP contribution is 2.27. The van der Waals surface area contributed by atoms with E-state index in [0.717, 1.165) is 11.3 Å². The van der Waals surface area contributed by atoms with Crippen molar-refractivity contribution in [1.29, 1.82) is 0 Å². The van der Waals surface area contributed by atoms with Crippen LogP contribution in [0.25, 0.3) is 0 Å². The predicted molar refractivity (Wildman–Crippen MR) is 77.5 cm³/mol. The lowest BCUT2D eigenvalue weighted by Crippen LogP contribution is -2.38. The standard InChI is InChI=1S/C12H14ClNO4S2/c1-8-3-4-9(18-8)12(2,15)7-14-20(16,17)11-6-5-10(13)19-11/h3-6,14-15H,7H2,1-2H3/t12-/m0/s1. The first kappa shape index (κ1) is 15.5. The van der Waals surface area contributed by atoms with Crippen LogP contribution >= 0.6 is 22.9 Å². The van der Waals surface area contributed by atoms with E-state index in [1.54, 1.807) is 19.1 Å². The van der Waals surface area contributed by atoms with E-state index in [2.05, 4.69) is 4.72 Å². The van der Waals surface area contributed by atoms with Crippen LogP contribution < -0.4 is 4.72 Å². The number of aryl methyl sites for hydroxylation is 1. The summed E-state index contributed by atoms with van der Waals surface area (Å²) < 4.78 is 32.2. The van der Waals surface area contributed by atoms with Gasteiger partial charge in [-0.25, -0.2) is 13.1 Å². The Kier molecular flexibility index (Phi) is 4.27. The van der Waals surface area contributed by atoms with E-state index in [9.17, 15) is 13.5 Å². The number of furan rings is 1.